The number of carbonyl (C=O) groups excluding carboxylic acids is 7. The van der Waals surface area contributed by atoms with Crippen molar-refractivity contribution in [1.29, 1.82) is 0 Å². The number of urea groups is 1. The van der Waals surface area contributed by atoms with Gasteiger partial charge in [-0.25, -0.2) is 9.59 Å². The Kier molecular flexibility index (Phi) is 18.5. The highest BCUT2D eigenvalue weighted by Gasteiger charge is 2.39. The zero-order chi connectivity index (χ0) is 51.2. The van der Waals surface area contributed by atoms with Crippen LogP contribution in [0.1, 0.15) is 71.6 Å². The number of hydrogen-bond donors (Lipinski definition) is 6. The average Bonchev–Trinajstić information content (AvgIpc) is 3.36. The van der Waals surface area contributed by atoms with Crippen LogP contribution in [0.5, 0.6) is 5.75 Å². The Morgan fingerprint density at radius 3 is 2.04 bits per heavy atom. The number of nitrogens with zero attached hydrogens (tertiary/aromatic N) is 4. The number of hydrogen-bond acceptors (Lipinski definition) is 11. The zero-order valence-electron chi connectivity index (χ0n) is 41.2. The molecule has 19 heteroatoms. The Hall–Kier alpha value is -7.51. The SMILES string of the molecule is CCC(=O)N1c2ccccc2[C@H](N(C(=O)OCc2ccc(NC(=O)[C@H](C)NC(=O)[C@@H](N)C(C)C)cc2)c2ccc(NC(=O)CNC(=O)Nc3ccc(OCCN4CCN(C(C)=O)CC4)cc3)cc2)C[C@@H]1C. The summed E-state index contributed by atoms with van der Waals surface area (Å²) in [5.41, 5.74) is 9.91. The van der Waals surface area contributed by atoms with E-state index in [-0.39, 0.29) is 36.9 Å². The van der Waals surface area contributed by atoms with Crippen molar-refractivity contribution < 1.29 is 43.0 Å². The number of nitrogens with one attached hydrogen (secondary N) is 5. The summed E-state index contributed by atoms with van der Waals surface area (Å²) in [6.45, 7) is 14.4. The molecule has 0 radical (unpaired) electrons. The Balaban J connectivity index is 1.05. The Morgan fingerprint density at radius 2 is 1.39 bits per heavy atom. The summed E-state index contributed by atoms with van der Waals surface area (Å²) < 4.78 is 11.8. The van der Waals surface area contributed by atoms with Gasteiger partial charge < -0.3 is 51.6 Å². The first-order chi connectivity index (χ1) is 34.0. The predicted octanol–water partition coefficient (Wildman–Crippen LogP) is 5.84. The van der Waals surface area contributed by atoms with Crippen LogP contribution in [0.25, 0.3) is 0 Å². The summed E-state index contributed by atoms with van der Waals surface area (Å²) >= 11 is 0. The first kappa shape index (κ1) is 52.9. The van der Waals surface area contributed by atoms with Crippen molar-refractivity contribution in [3.8, 4) is 5.75 Å². The van der Waals surface area contributed by atoms with Gasteiger partial charge in [0, 0.05) is 80.5 Å². The smallest absolute Gasteiger partial charge is 0.415 e. The van der Waals surface area contributed by atoms with Crippen LogP contribution in [-0.4, -0.2) is 115 Å². The minimum Gasteiger partial charge on any atom is -0.492 e. The van der Waals surface area contributed by atoms with E-state index in [1.165, 1.54) is 0 Å². The molecule has 2 aliphatic heterocycles. The van der Waals surface area contributed by atoms with E-state index in [4.69, 9.17) is 15.2 Å². The molecule has 4 atom stereocenters. The second-order valence-corrected chi connectivity index (χ2v) is 18.0. The maximum atomic E-state index is 14.3. The highest BCUT2D eigenvalue weighted by atomic mass is 16.6. The van der Waals surface area contributed by atoms with Crippen LogP contribution < -0.4 is 46.9 Å². The molecule has 0 bridgehead atoms. The molecule has 0 aliphatic carbocycles. The number of carbonyl (C=O) groups is 7. The number of nitrogens with two attached hydrogens (primary N) is 1. The summed E-state index contributed by atoms with van der Waals surface area (Å²) in [4.78, 5) is 97.4. The van der Waals surface area contributed by atoms with Crippen molar-refractivity contribution in [3.05, 3.63) is 108 Å². The third kappa shape index (κ3) is 14.5. The molecule has 0 aromatic heterocycles. The molecular formula is C52H66N10O9. The number of anilines is 5. The third-order valence-electron chi connectivity index (χ3n) is 12.4. The summed E-state index contributed by atoms with van der Waals surface area (Å²) in [6.07, 6.45) is 0.0598. The topological polar surface area (TPSA) is 237 Å². The molecule has 71 heavy (non-hydrogen) atoms. The Morgan fingerprint density at radius 1 is 0.775 bits per heavy atom. The highest BCUT2D eigenvalue weighted by molar-refractivity contribution is 5.99. The predicted molar refractivity (Wildman–Crippen MR) is 272 cm³/mol. The molecule has 0 spiro atoms. The molecule has 2 heterocycles. The first-order valence-electron chi connectivity index (χ1n) is 24.0. The number of piperazine rings is 1. The molecule has 19 nitrogen and oxygen atoms in total. The maximum absolute atomic E-state index is 14.3. The van der Waals surface area contributed by atoms with Crippen molar-refractivity contribution in [2.24, 2.45) is 11.7 Å². The fourth-order valence-corrected chi connectivity index (χ4v) is 8.28. The van der Waals surface area contributed by atoms with E-state index in [1.807, 2.05) is 56.9 Å². The number of rotatable bonds is 18. The molecule has 8 amide bonds. The zero-order valence-corrected chi connectivity index (χ0v) is 41.2. The molecule has 378 valence electrons. The van der Waals surface area contributed by atoms with Gasteiger partial charge in [0.05, 0.1) is 18.6 Å². The van der Waals surface area contributed by atoms with Gasteiger partial charge in [-0.2, -0.15) is 0 Å². The van der Waals surface area contributed by atoms with E-state index in [1.54, 1.807) is 96.4 Å². The van der Waals surface area contributed by atoms with Crippen molar-refractivity contribution >= 4 is 70.1 Å². The molecule has 1 fully saturated rings. The second-order valence-electron chi connectivity index (χ2n) is 18.0. The van der Waals surface area contributed by atoms with E-state index in [2.05, 4.69) is 31.5 Å². The molecule has 4 aromatic carbocycles. The van der Waals surface area contributed by atoms with Crippen molar-refractivity contribution in [1.82, 2.24) is 20.4 Å². The van der Waals surface area contributed by atoms with Gasteiger partial charge in [0.2, 0.25) is 29.5 Å². The lowest BCUT2D eigenvalue weighted by Gasteiger charge is -2.43. The fourth-order valence-electron chi connectivity index (χ4n) is 8.28. The monoisotopic (exact) mass is 975 g/mol. The van der Waals surface area contributed by atoms with Crippen molar-refractivity contribution in [2.45, 2.75) is 85.2 Å². The maximum Gasteiger partial charge on any atom is 0.415 e. The molecule has 0 unspecified atom stereocenters. The number of fused-ring (bicyclic) bond motifs is 1. The average molecular weight is 975 g/mol. The number of amides is 8. The van der Waals surface area contributed by atoms with Gasteiger partial charge in [0.25, 0.3) is 0 Å². The van der Waals surface area contributed by atoms with Gasteiger partial charge in [-0.15, -0.1) is 0 Å². The molecular weight excluding hydrogens is 909 g/mol. The molecule has 4 aromatic rings. The third-order valence-corrected chi connectivity index (χ3v) is 12.4. The van der Waals surface area contributed by atoms with E-state index in [0.717, 1.165) is 25.2 Å². The minimum absolute atomic E-state index is 0.0383. The second kappa shape index (κ2) is 24.9. The molecule has 2 aliphatic rings. The van der Waals surface area contributed by atoms with Crippen LogP contribution in [-0.2, 0) is 35.3 Å². The molecule has 1 saturated heterocycles. The number of ether oxygens (including phenoxy) is 2. The Bertz CT molecular complexity index is 2500. The standard InChI is InChI=1S/C52H66N10O9/c1-7-47(65)61-34(4)30-45(43-10-8-9-11-44(43)61)62(52(69)71-32-37-12-14-39(15-13-37)57-49(66)35(5)55-50(67)48(53)33(2)3)41-20-16-38(17-21-41)56-46(64)31-54-51(68)58-40-18-22-42(23-19-40)70-29-28-59-24-26-60(27-25-59)36(6)63/h8-23,33-35,45,48H,7,24-32,53H2,1-6H3,(H,55,67)(H,56,64)(H,57,66)(H2,54,58,68)/t34-,35-,45+,48-/m0/s1. The van der Waals surface area contributed by atoms with E-state index < -0.39 is 48.0 Å². The largest absolute Gasteiger partial charge is 0.492 e. The van der Waals surface area contributed by atoms with E-state index in [0.29, 0.717) is 72.3 Å². The van der Waals surface area contributed by atoms with Crippen molar-refractivity contribution in [3.63, 3.8) is 0 Å². The first-order valence-corrected chi connectivity index (χ1v) is 24.0. The van der Waals surface area contributed by atoms with Crippen LogP contribution in [0.3, 0.4) is 0 Å². The lowest BCUT2D eigenvalue weighted by atomic mass is 9.90. The highest BCUT2D eigenvalue weighted by Crippen LogP contribution is 2.43. The van der Waals surface area contributed by atoms with Gasteiger partial charge in [-0.3, -0.25) is 33.8 Å². The van der Waals surface area contributed by atoms with Gasteiger partial charge >= 0.3 is 12.1 Å². The Labute approximate surface area is 414 Å². The quantitative estimate of drug-likeness (QED) is 0.0693. The van der Waals surface area contributed by atoms with Crippen LogP contribution in [0.2, 0.25) is 0 Å². The van der Waals surface area contributed by atoms with Crippen LogP contribution in [0, 0.1) is 5.92 Å². The summed E-state index contributed by atoms with van der Waals surface area (Å²) in [5.74, 6) is -0.719. The van der Waals surface area contributed by atoms with Crippen LogP contribution >= 0.6 is 0 Å². The lowest BCUT2D eigenvalue weighted by molar-refractivity contribution is -0.130. The summed E-state index contributed by atoms with van der Waals surface area (Å²) in [5, 5.41) is 13.5. The molecule has 7 N–H and O–H groups in total. The summed E-state index contributed by atoms with van der Waals surface area (Å²) in [7, 11) is 0. The van der Waals surface area contributed by atoms with Gasteiger partial charge in [0.1, 0.15) is 25.0 Å². The molecule has 6 rings (SSSR count). The van der Waals surface area contributed by atoms with E-state index >= 15 is 0 Å². The minimum atomic E-state index is -0.831. The summed E-state index contributed by atoms with van der Waals surface area (Å²) in [6, 6.07) is 24.9. The van der Waals surface area contributed by atoms with Crippen LogP contribution in [0.15, 0.2) is 97.1 Å². The van der Waals surface area contributed by atoms with Gasteiger partial charge in [-0.05, 0) is 104 Å². The molecule has 0 saturated carbocycles. The van der Waals surface area contributed by atoms with Crippen molar-refractivity contribution in [2.75, 3.05) is 71.6 Å². The van der Waals surface area contributed by atoms with Gasteiger partial charge in [0.15, 0.2) is 0 Å². The van der Waals surface area contributed by atoms with E-state index in [9.17, 15) is 33.6 Å². The number of benzene rings is 4. The lowest BCUT2D eigenvalue weighted by Crippen LogP contribution is -2.50. The number of para-hydroxylation sites is 1. The van der Waals surface area contributed by atoms with Crippen LogP contribution in [0.4, 0.5) is 38.0 Å². The normalized spacial score (nSPS) is 16.4. The fraction of sp³-hybridized carbons (Fsp3) is 0.404. The van der Waals surface area contributed by atoms with Gasteiger partial charge in [-0.1, -0.05) is 51.1 Å².